The molecule has 1 unspecified atom stereocenters. The summed E-state index contributed by atoms with van der Waals surface area (Å²) < 4.78 is 18.0. The Morgan fingerprint density at radius 3 is 2.89 bits per heavy atom. The van der Waals surface area contributed by atoms with Crippen LogP contribution in [0.25, 0.3) is 11.4 Å². The van der Waals surface area contributed by atoms with Crippen molar-refractivity contribution in [3.8, 4) is 11.4 Å². The van der Waals surface area contributed by atoms with Crippen LogP contribution in [-0.4, -0.2) is 23.2 Å². The molecule has 2 aromatic rings. The fourth-order valence-electron chi connectivity index (χ4n) is 2.19. The first-order chi connectivity index (χ1) is 8.81. The van der Waals surface area contributed by atoms with Gasteiger partial charge in [0.15, 0.2) is 0 Å². The van der Waals surface area contributed by atoms with Crippen LogP contribution >= 0.6 is 0 Å². The van der Waals surface area contributed by atoms with E-state index in [1.165, 1.54) is 12.1 Å². The van der Waals surface area contributed by atoms with E-state index in [1.807, 2.05) is 0 Å². The van der Waals surface area contributed by atoms with E-state index in [1.54, 1.807) is 12.1 Å². The molecule has 3 rings (SSSR count). The predicted molar refractivity (Wildman–Crippen MR) is 64.4 cm³/mol. The summed E-state index contributed by atoms with van der Waals surface area (Å²) in [7, 11) is 0. The molecule has 1 aromatic heterocycles. The highest BCUT2D eigenvalue weighted by molar-refractivity contribution is 5.53. The third-order valence-corrected chi connectivity index (χ3v) is 3.20. The second kappa shape index (κ2) is 4.86. The molecule has 2 heterocycles. The highest BCUT2D eigenvalue weighted by atomic mass is 19.1. The molecule has 1 fully saturated rings. The minimum Gasteiger partial charge on any atom is -0.339 e. The van der Waals surface area contributed by atoms with Crippen molar-refractivity contribution >= 4 is 0 Å². The van der Waals surface area contributed by atoms with Crippen molar-refractivity contribution in [2.75, 3.05) is 13.1 Å². The first kappa shape index (κ1) is 11.3. The topological polar surface area (TPSA) is 51.0 Å². The van der Waals surface area contributed by atoms with Crippen LogP contribution in [0.1, 0.15) is 12.3 Å². The van der Waals surface area contributed by atoms with Crippen LogP contribution in [0, 0.1) is 11.7 Å². The molecule has 0 saturated carbocycles. The molecule has 18 heavy (non-hydrogen) atoms. The van der Waals surface area contributed by atoms with Crippen LogP contribution in [0.15, 0.2) is 28.8 Å². The Labute approximate surface area is 104 Å². The quantitative estimate of drug-likeness (QED) is 0.901. The van der Waals surface area contributed by atoms with Crippen LogP contribution in [0.5, 0.6) is 0 Å². The zero-order valence-corrected chi connectivity index (χ0v) is 9.90. The molecule has 1 N–H and O–H groups in total. The number of benzene rings is 1. The van der Waals surface area contributed by atoms with Crippen molar-refractivity contribution in [2.24, 2.45) is 5.92 Å². The number of aromatic nitrogens is 2. The average Bonchev–Trinajstić information content (AvgIpc) is 3.02. The number of rotatable bonds is 3. The van der Waals surface area contributed by atoms with Gasteiger partial charge in [0.25, 0.3) is 0 Å². The van der Waals surface area contributed by atoms with Gasteiger partial charge in [-0.3, -0.25) is 0 Å². The first-order valence-corrected chi connectivity index (χ1v) is 6.10. The van der Waals surface area contributed by atoms with E-state index in [-0.39, 0.29) is 5.82 Å². The maximum Gasteiger partial charge on any atom is 0.227 e. The van der Waals surface area contributed by atoms with Gasteiger partial charge < -0.3 is 9.84 Å². The molecule has 1 aliphatic heterocycles. The molecule has 1 aliphatic rings. The molecular weight excluding hydrogens is 233 g/mol. The second-order valence-corrected chi connectivity index (χ2v) is 4.58. The third kappa shape index (κ3) is 2.41. The summed E-state index contributed by atoms with van der Waals surface area (Å²) in [6.07, 6.45) is 1.95. The minimum atomic E-state index is -0.264. The van der Waals surface area contributed by atoms with Gasteiger partial charge in [-0.05, 0) is 49.7 Å². The lowest BCUT2D eigenvalue weighted by molar-refractivity contribution is 0.358. The normalized spacial score (nSPS) is 19.3. The van der Waals surface area contributed by atoms with E-state index in [2.05, 4.69) is 15.5 Å². The van der Waals surface area contributed by atoms with E-state index in [4.69, 9.17) is 4.52 Å². The number of halogens is 1. The molecule has 0 radical (unpaired) electrons. The van der Waals surface area contributed by atoms with Crippen molar-refractivity contribution < 1.29 is 8.91 Å². The summed E-state index contributed by atoms with van der Waals surface area (Å²) in [5.41, 5.74) is 0.774. The molecule has 1 atom stereocenters. The summed E-state index contributed by atoms with van der Waals surface area (Å²) in [6.45, 7) is 2.07. The molecule has 0 spiro atoms. The Morgan fingerprint density at radius 1 is 1.33 bits per heavy atom. The van der Waals surface area contributed by atoms with E-state index < -0.39 is 0 Å². The monoisotopic (exact) mass is 247 g/mol. The second-order valence-electron chi connectivity index (χ2n) is 4.58. The maximum absolute atomic E-state index is 12.8. The highest BCUT2D eigenvalue weighted by Crippen LogP contribution is 2.19. The molecule has 94 valence electrons. The Morgan fingerprint density at radius 2 is 2.17 bits per heavy atom. The van der Waals surface area contributed by atoms with Crippen LogP contribution in [0.4, 0.5) is 4.39 Å². The summed E-state index contributed by atoms with van der Waals surface area (Å²) >= 11 is 0. The van der Waals surface area contributed by atoms with Crippen molar-refractivity contribution in [1.82, 2.24) is 15.5 Å². The molecule has 0 aliphatic carbocycles. The minimum absolute atomic E-state index is 0.264. The first-order valence-electron chi connectivity index (χ1n) is 6.10. The van der Waals surface area contributed by atoms with Gasteiger partial charge >= 0.3 is 0 Å². The molecule has 1 saturated heterocycles. The van der Waals surface area contributed by atoms with E-state index in [0.717, 1.165) is 31.5 Å². The lowest BCUT2D eigenvalue weighted by Crippen LogP contribution is -2.10. The SMILES string of the molecule is Fc1ccc(-c2noc(CC3CCNC3)n2)cc1. The predicted octanol–water partition coefficient (Wildman–Crippen LogP) is 2.03. The number of nitrogens with one attached hydrogen (secondary N) is 1. The van der Waals surface area contributed by atoms with E-state index >= 15 is 0 Å². The van der Waals surface area contributed by atoms with Crippen LogP contribution in [0.3, 0.4) is 0 Å². The highest BCUT2D eigenvalue weighted by Gasteiger charge is 2.18. The maximum atomic E-state index is 12.8. The largest absolute Gasteiger partial charge is 0.339 e. The van der Waals surface area contributed by atoms with Crippen LogP contribution in [0.2, 0.25) is 0 Å². The van der Waals surface area contributed by atoms with Gasteiger partial charge in [-0.2, -0.15) is 4.98 Å². The van der Waals surface area contributed by atoms with Crippen molar-refractivity contribution in [2.45, 2.75) is 12.8 Å². The van der Waals surface area contributed by atoms with Gasteiger partial charge in [-0.15, -0.1) is 0 Å². The van der Waals surface area contributed by atoms with E-state index in [9.17, 15) is 4.39 Å². The van der Waals surface area contributed by atoms with Gasteiger partial charge in [-0.25, -0.2) is 4.39 Å². The molecular formula is C13H14FN3O. The lowest BCUT2D eigenvalue weighted by Gasteiger charge is -2.01. The van der Waals surface area contributed by atoms with Crippen molar-refractivity contribution in [3.63, 3.8) is 0 Å². The Kier molecular flexibility index (Phi) is 3.06. The Bertz CT molecular complexity index is 517. The lowest BCUT2D eigenvalue weighted by atomic mass is 10.1. The molecule has 1 aromatic carbocycles. The fourth-order valence-corrected chi connectivity index (χ4v) is 2.19. The van der Waals surface area contributed by atoms with Crippen molar-refractivity contribution in [1.29, 1.82) is 0 Å². The average molecular weight is 247 g/mol. The zero-order chi connectivity index (χ0) is 12.4. The molecule has 5 heteroatoms. The van der Waals surface area contributed by atoms with E-state index in [0.29, 0.717) is 17.6 Å². The summed E-state index contributed by atoms with van der Waals surface area (Å²) in [5.74, 6) is 1.49. The van der Waals surface area contributed by atoms with Gasteiger partial charge in [0, 0.05) is 12.0 Å². The molecule has 4 nitrogen and oxygen atoms in total. The smallest absolute Gasteiger partial charge is 0.227 e. The number of hydrogen-bond donors (Lipinski definition) is 1. The standard InChI is InChI=1S/C13H14FN3O/c14-11-3-1-10(2-4-11)13-16-12(18-17-13)7-9-5-6-15-8-9/h1-4,9,15H,5-8H2. The van der Waals surface area contributed by atoms with Gasteiger partial charge in [-0.1, -0.05) is 5.16 Å². The fraction of sp³-hybridized carbons (Fsp3) is 0.385. The van der Waals surface area contributed by atoms with Crippen molar-refractivity contribution in [3.05, 3.63) is 36.0 Å². The Balaban J connectivity index is 1.74. The van der Waals surface area contributed by atoms with Crippen LogP contribution < -0.4 is 5.32 Å². The van der Waals surface area contributed by atoms with Crippen LogP contribution in [-0.2, 0) is 6.42 Å². The Hall–Kier alpha value is -1.75. The number of hydrogen-bond acceptors (Lipinski definition) is 4. The zero-order valence-electron chi connectivity index (χ0n) is 9.90. The van der Waals surface area contributed by atoms with Gasteiger partial charge in [0.05, 0.1) is 0 Å². The molecule has 0 amide bonds. The van der Waals surface area contributed by atoms with Gasteiger partial charge in [0.1, 0.15) is 5.82 Å². The van der Waals surface area contributed by atoms with Gasteiger partial charge in [0.2, 0.25) is 11.7 Å². The molecule has 0 bridgehead atoms. The summed E-state index contributed by atoms with van der Waals surface area (Å²) in [5, 5.41) is 7.23. The summed E-state index contributed by atoms with van der Waals surface area (Å²) in [6, 6.07) is 6.10. The summed E-state index contributed by atoms with van der Waals surface area (Å²) in [4.78, 5) is 4.35. The number of nitrogens with zero attached hydrogens (tertiary/aromatic N) is 2. The third-order valence-electron chi connectivity index (χ3n) is 3.20.